The fourth-order valence-electron chi connectivity index (χ4n) is 3.32. The zero-order valence-corrected chi connectivity index (χ0v) is 19.0. The highest BCUT2D eigenvalue weighted by Gasteiger charge is 2.22. The second-order valence-electron chi connectivity index (χ2n) is 7.61. The minimum Gasteiger partial charge on any atom is -0.325 e. The summed E-state index contributed by atoms with van der Waals surface area (Å²) in [6, 6.07) is 34.1. The van der Waals surface area contributed by atoms with E-state index in [0.717, 1.165) is 21.7 Å². The van der Waals surface area contributed by atoms with Crippen molar-refractivity contribution in [2.45, 2.75) is 17.1 Å². The van der Waals surface area contributed by atoms with Crippen LogP contribution >= 0.6 is 11.8 Å². The standard InChI is InChI=1S/C28H24N2O2S/c1-20-15-17-22(18-16-20)27(31)30-24-13-8-14-25(19-24)33-26(21-9-4-2-5-10-21)28(32)29-23-11-6-3-7-12-23/h2-19,26H,1H3,(H,29,32)(H,30,31). The van der Waals surface area contributed by atoms with Gasteiger partial charge in [0.2, 0.25) is 5.91 Å². The molecule has 164 valence electrons. The summed E-state index contributed by atoms with van der Waals surface area (Å²) in [6.45, 7) is 1.99. The molecule has 4 rings (SSSR count). The number of nitrogens with one attached hydrogen (secondary N) is 2. The number of rotatable bonds is 7. The third kappa shape index (κ3) is 6.11. The summed E-state index contributed by atoms with van der Waals surface area (Å²) in [5.74, 6) is -0.273. The van der Waals surface area contributed by atoms with Crippen molar-refractivity contribution >= 4 is 35.0 Å². The number of thioether (sulfide) groups is 1. The maximum atomic E-state index is 13.2. The summed E-state index contributed by atoms with van der Waals surface area (Å²) in [5, 5.41) is 5.50. The summed E-state index contributed by atoms with van der Waals surface area (Å²) in [5.41, 5.74) is 4.04. The normalized spacial score (nSPS) is 11.4. The van der Waals surface area contributed by atoms with E-state index in [4.69, 9.17) is 0 Å². The van der Waals surface area contributed by atoms with Gasteiger partial charge in [-0.15, -0.1) is 11.8 Å². The molecule has 0 saturated carbocycles. The first-order valence-electron chi connectivity index (χ1n) is 10.6. The van der Waals surface area contributed by atoms with E-state index in [9.17, 15) is 9.59 Å². The molecule has 1 atom stereocenters. The molecular formula is C28H24N2O2S. The molecule has 0 aliphatic rings. The first-order chi connectivity index (χ1) is 16.1. The maximum Gasteiger partial charge on any atom is 0.255 e. The van der Waals surface area contributed by atoms with E-state index >= 15 is 0 Å². The molecule has 2 N–H and O–H groups in total. The summed E-state index contributed by atoms with van der Waals surface area (Å²) in [7, 11) is 0. The highest BCUT2D eigenvalue weighted by atomic mass is 32.2. The lowest BCUT2D eigenvalue weighted by atomic mass is 10.1. The molecule has 4 aromatic carbocycles. The summed E-state index contributed by atoms with van der Waals surface area (Å²) in [4.78, 5) is 26.7. The number of amides is 2. The Morgan fingerprint density at radius 2 is 1.33 bits per heavy atom. The van der Waals surface area contributed by atoms with E-state index < -0.39 is 5.25 Å². The van der Waals surface area contributed by atoms with Gasteiger partial charge in [-0.1, -0.05) is 72.3 Å². The quantitative estimate of drug-likeness (QED) is 0.306. The minimum atomic E-state index is -0.450. The number of hydrogen-bond acceptors (Lipinski definition) is 3. The number of benzene rings is 4. The highest BCUT2D eigenvalue weighted by molar-refractivity contribution is 8.00. The molecule has 2 amide bonds. The molecule has 0 aromatic heterocycles. The predicted octanol–water partition coefficient (Wildman–Crippen LogP) is 6.72. The van der Waals surface area contributed by atoms with Crippen LogP contribution < -0.4 is 10.6 Å². The molecule has 0 spiro atoms. The molecule has 1 unspecified atom stereocenters. The topological polar surface area (TPSA) is 58.2 Å². The Hall–Kier alpha value is -3.83. The van der Waals surface area contributed by atoms with Crippen molar-refractivity contribution in [3.8, 4) is 0 Å². The monoisotopic (exact) mass is 452 g/mol. The van der Waals surface area contributed by atoms with Gasteiger partial charge in [-0.3, -0.25) is 9.59 Å². The van der Waals surface area contributed by atoms with E-state index in [1.165, 1.54) is 11.8 Å². The third-order valence-electron chi connectivity index (χ3n) is 5.04. The third-order valence-corrected chi connectivity index (χ3v) is 6.29. The van der Waals surface area contributed by atoms with Crippen molar-refractivity contribution in [3.05, 3.63) is 126 Å². The number of anilines is 2. The Morgan fingerprint density at radius 3 is 2.03 bits per heavy atom. The molecule has 0 saturated heterocycles. The maximum absolute atomic E-state index is 13.2. The Kier molecular flexibility index (Phi) is 7.22. The lowest BCUT2D eigenvalue weighted by Gasteiger charge is -2.18. The molecule has 33 heavy (non-hydrogen) atoms. The number of aryl methyl sites for hydroxylation is 1. The van der Waals surface area contributed by atoms with Gasteiger partial charge >= 0.3 is 0 Å². The van der Waals surface area contributed by atoms with Crippen molar-refractivity contribution in [2.75, 3.05) is 10.6 Å². The highest BCUT2D eigenvalue weighted by Crippen LogP contribution is 2.37. The average Bonchev–Trinajstić information content (AvgIpc) is 2.84. The number of hydrogen-bond donors (Lipinski definition) is 2. The van der Waals surface area contributed by atoms with Crippen molar-refractivity contribution in [1.82, 2.24) is 0 Å². The predicted molar refractivity (Wildman–Crippen MR) is 136 cm³/mol. The van der Waals surface area contributed by atoms with Crippen LogP contribution in [0.5, 0.6) is 0 Å². The molecule has 4 nitrogen and oxygen atoms in total. The minimum absolute atomic E-state index is 0.105. The molecule has 5 heteroatoms. The second kappa shape index (κ2) is 10.7. The van der Waals surface area contributed by atoms with Crippen molar-refractivity contribution in [1.29, 1.82) is 0 Å². The average molecular weight is 453 g/mol. The zero-order valence-electron chi connectivity index (χ0n) is 18.2. The van der Waals surface area contributed by atoms with Crippen LogP contribution in [-0.2, 0) is 4.79 Å². The van der Waals surface area contributed by atoms with Crippen LogP contribution in [0.2, 0.25) is 0 Å². The van der Waals surface area contributed by atoms with Gasteiger partial charge in [0.05, 0.1) is 0 Å². The smallest absolute Gasteiger partial charge is 0.255 e. The Morgan fingerprint density at radius 1 is 0.697 bits per heavy atom. The summed E-state index contributed by atoms with van der Waals surface area (Å²) >= 11 is 1.44. The lowest BCUT2D eigenvalue weighted by Crippen LogP contribution is -2.19. The van der Waals surface area contributed by atoms with E-state index in [-0.39, 0.29) is 11.8 Å². The Labute approximate surface area is 198 Å². The zero-order chi connectivity index (χ0) is 23.0. The van der Waals surface area contributed by atoms with Crippen LogP contribution in [0.15, 0.2) is 114 Å². The van der Waals surface area contributed by atoms with E-state index in [1.54, 1.807) is 0 Å². The van der Waals surface area contributed by atoms with Crippen LogP contribution in [0.4, 0.5) is 11.4 Å². The van der Waals surface area contributed by atoms with Crippen molar-refractivity contribution in [3.63, 3.8) is 0 Å². The van der Waals surface area contributed by atoms with Crippen LogP contribution in [0.3, 0.4) is 0 Å². The second-order valence-corrected chi connectivity index (χ2v) is 8.79. The fourth-order valence-corrected chi connectivity index (χ4v) is 4.40. The number of para-hydroxylation sites is 1. The van der Waals surface area contributed by atoms with Crippen molar-refractivity contribution < 1.29 is 9.59 Å². The summed E-state index contributed by atoms with van der Waals surface area (Å²) < 4.78 is 0. The van der Waals surface area contributed by atoms with Gasteiger partial charge in [0.15, 0.2) is 0 Å². The molecule has 0 radical (unpaired) electrons. The molecule has 0 aliphatic heterocycles. The van der Waals surface area contributed by atoms with Gasteiger partial charge in [-0.05, 0) is 55.0 Å². The SMILES string of the molecule is Cc1ccc(C(=O)Nc2cccc(SC(C(=O)Nc3ccccc3)c3ccccc3)c2)cc1. The van der Waals surface area contributed by atoms with Gasteiger partial charge in [-0.2, -0.15) is 0 Å². The van der Waals surface area contributed by atoms with E-state index in [0.29, 0.717) is 11.3 Å². The van der Waals surface area contributed by atoms with Crippen LogP contribution in [-0.4, -0.2) is 11.8 Å². The van der Waals surface area contributed by atoms with Gasteiger partial charge in [0.1, 0.15) is 5.25 Å². The summed E-state index contributed by atoms with van der Waals surface area (Å²) in [6.07, 6.45) is 0. The molecule has 4 aromatic rings. The first-order valence-corrected chi connectivity index (χ1v) is 11.5. The molecule has 0 aliphatic carbocycles. The Balaban J connectivity index is 1.53. The molecular weight excluding hydrogens is 428 g/mol. The molecule has 0 heterocycles. The van der Waals surface area contributed by atoms with E-state index in [1.807, 2.05) is 116 Å². The first kappa shape index (κ1) is 22.4. The van der Waals surface area contributed by atoms with Crippen molar-refractivity contribution in [2.24, 2.45) is 0 Å². The molecule has 0 fully saturated rings. The Bertz CT molecular complexity index is 1230. The largest absolute Gasteiger partial charge is 0.325 e. The van der Waals surface area contributed by atoms with E-state index in [2.05, 4.69) is 10.6 Å². The van der Waals surface area contributed by atoms with Gasteiger partial charge in [0, 0.05) is 21.8 Å². The van der Waals surface area contributed by atoms with Gasteiger partial charge in [0.25, 0.3) is 5.91 Å². The van der Waals surface area contributed by atoms with Crippen LogP contribution in [0.25, 0.3) is 0 Å². The fraction of sp³-hybridized carbons (Fsp3) is 0.0714. The number of carbonyl (C=O) groups excluding carboxylic acids is 2. The van der Waals surface area contributed by atoms with Crippen LogP contribution in [0.1, 0.15) is 26.7 Å². The van der Waals surface area contributed by atoms with Gasteiger partial charge < -0.3 is 10.6 Å². The van der Waals surface area contributed by atoms with Gasteiger partial charge in [-0.25, -0.2) is 0 Å². The van der Waals surface area contributed by atoms with Crippen LogP contribution in [0, 0.1) is 6.92 Å². The molecule has 0 bridgehead atoms. The number of carbonyl (C=O) groups is 2. The lowest BCUT2D eigenvalue weighted by molar-refractivity contribution is -0.115.